The van der Waals surface area contributed by atoms with E-state index in [4.69, 9.17) is 0 Å². The van der Waals surface area contributed by atoms with Gasteiger partial charge in [-0.1, -0.05) is 54.6 Å². The Morgan fingerprint density at radius 2 is 1.61 bits per heavy atom. The van der Waals surface area contributed by atoms with Gasteiger partial charge in [-0.05, 0) is 30.5 Å². The quantitative estimate of drug-likeness (QED) is 0.806. The molecule has 0 radical (unpaired) electrons. The molecule has 0 fully saturated rings. The number of nitrogens with one attached hydrogen (secondary N) is 2. The SMILES string of the molecule is Cc1ccccc1CNC(=O)CC(=O)NC(C)c1ccccc1. The highest BCUT2D eigenvalue weighted by molar-refractivity contribution is 5.96. The third kappa shape index (κ3) is 5.25. The molecule has 0 bridgehead atoms. The predicted molar refractivity (Wildman–Crippen MR) is 90.6 cm³/mol. The lowest BCUT2D eigenvalue weighted by atomic mass is 10.1. The Labute approximate surface area is 136 Å². The van der Waals surface area contributed by atoms with Crippen LogP contribution >= 0.6 is 0 Å². The van der Waals surface area contributed by atoms with Gasteiger partial charge in [-0.15, -0.1) is 0 Å². The fraction of sp³-hybridized carbons (Fsp3) is 0.263. The summed E-state index contributed by atoms with van der Waals surface area (Å²) in [5.41, 5.74) is 3.19. The summed E-state index contributed by atoms with van der Waals surface area (Å²) in [6.45, 7) is 4.33. The number of benzene rings is 2. The molecule has 0 aliphatic heterocycles. The lowest BCUT2D eigenvalue weighted by Crippen LogP contribution is -2.33. The third-order valence-corrected chi connectivity index (χ3v) is 3.74. The van der Waals surface area contributed by atoms with E-state index in [1.54, 1.807) is 0 Å². The first-order valence-electron chi connectivity index (χ1n) is 7.72. The zero-order valence-electron chi connectivity index (χ0n) is 13.5. The number of hydrogen-bond donors (Lipinski definition) is 2. The van der Waals surface area contributed by atoms with Crippen molar-refractivity contribution in [2.75, 3.05) is 0 Å². The Balaban J connectivity index is 1.79. The first kappa shape index (κ1) is 16.7. The van der Waals surface area contributed by atoms with Gasteiger partial charge in [0.2, 0.25) is 11.8 Å². The van der Waals surface area contributed by atoms with Crippen LogP contribution in [0.15, 0.2) is 54.6 Å². The zero-order valence-corrected chi connectivity index (χ0v) is 13.5. The predicted octanol–water partition coefficient (Wildman–Crippen LogP) is 2.88. The summed E-state index contributed by atoms with van der Waals surface area (Å²) in [6.07, 6.45) is -0.164. The van der Waals surface area contributed by atoms with E-state index in [2.05, 4.69) is 10.6 Å². The van der Waals surface area contributed by atoms with Crippen molar-refractivity contribution in [2.24, 2.45) is 0 Å². The minimum absolute atomic E-state index is 0.118. The Bertz CT molecular complexity index is 668. The maximum absolute atomic E-state index is 11.9. The fourth-order valence-electron chi connectivity index (χ4n) is 2.33. The number of carbonyl (C=O) groups is 2. The molecule has 0 heterocycles. The molecule has 2 aromatic carbocycles. The first-order valence-corrected chi connectivity index (χ1v) is 7.72. The second-order valence-electron chi connectivity index (χ2n) is 5.58. The molecule has 120 valence electrons. The van der Waals surface area contributed by atoms with Gasteiger partial charge in [0.05, 0.1) is 6.04 Å². The molecule has 2 amide bonds. The Hall–Kier alpha value is -2.62. The van der Waals surface area contributed by atoms with Crippen LogP contribution in [-0.2, 0) is 16.1 Å². The highest BCUT2D eigenvalue weighted by Gasteiger charge is 2.13. The van der Waals surface area contributed by atoms with Crippen LogP contribution in [0.3, 0.4) is 0 Å². The summed E-state index contributed by atoms with van der Waals surface area (Å²) >= 11 is 0. The molecule has 0 aromatic heterocycles. The lowest BCUT2D eigenvalue weighted by Gasteiger charge is -2.14. The molecule has 0 spiro atoms. The third-order valence-electron chi connectivity index (χ3n) is 3.74. The van der Waals surface area contributed by atoms with Gasteiger partial charge in [0.25, 0.3) is 0 Å². The zero-order chi connectivity index (χ0) is 16.7. The second kappa shape index (κ2) is 8.13. The number of carbonyl (C=O) groups excluding carboxylic acids is 2. The molecule has 4 heteroatoms. The van der Waals surface area contributed by atoms with Gasteiger partial charge < -0.3 is 10.6 Å². The largest absolute Gasteiger partial charge is 0.352 e. The van der Waals surface area contributed by atoms with Crippen LogP contribution < -0.4 is 10.6 Å². The Morgan fingerprint density at radius 1 is 0.957 bits per heavy atom. The smallest absolute Gasteiger partial charge is 0.229 e. The fourth-order valence-corrected chi connectivity index (χ4v) is 2.33. The van der Waals surface area contributed by atoms with Crippen molar-refractivity contribution in [3.05, 3.63) is 71.3 Å². The van der Waals surface area contributed by atoms with Crippen LogP contribution in [0.2, 0.25) is 0 Å². The molecule has 0 aliphatic rings. The topological polar surface area (TPSA) is 58.2 Å². The molecule has 1 atom stereocenters. The summed E-state index contributed by atoms with van der Waals surface area (Å²) in [7, 11) is 0. The van der Waals surface area contributed by atoms with E-state index < -0.39 is 0 Å². The molecular formula is C19H22N2O2. The lowest BCUT2D eigenvalue weighted by molar-refractivity contribution is -0.129. The second-order valence-corrected chi connectivity index (χ2v) is 5.58. The van der Waals surface area contributed by atoms with Crippen LogP contribution in [0, 0.1) is 6.92 Å². The van der Waals surface area contributed by atoms with Crippen molar-refractivity contribution in [1.82, 2.24) is 10.6 Å². The van der Waals surface area contributed by atoms with Crippen LogP contribution in [-0.4, -0.2) is 11.8 Å². The van der Waals surface area contributed by atoms with Crippen LogP contribution in [0.25, 0.3) is 0 Å². The molecule has 0 saturated carbocycles. The van der Waals surface area contributed by atoms with E-state index >= 15 is 0 Å². The Morgan fingerprint density at radius 3 is 2.30 bits per heavy atom. The average Bonchev–Trinajstić information content (AvgIpc) is 2.54. The van der Waals surface area contributed by atoms with Crippen molar-refractivity contribution in [3.63, 3.8) is 0 Å². The number of rotatable bonds is 6. The van der Waals surface area contributed by atoms with Crippen molar-refractivity contribution in [1.29, 1.82) is 0 Å². The minimum Gasteiger partial charge on any atom is -0.352 e. The van der Waals surface area contributed by atoms with E-state index in [9.17, 15) is 9.59 Å². The van der Waals surface area contributed by atoms with Crippen molar-refractivity contribution >= 4 is 11.8 Å². The van der Waals surface area contributed by atoms with E-state index in [1.165, 1.54) is 0 Å². The molecule has 0 aliphatic carbocycles. The number of amides is 2. The number of aryl methyl sites for hydroxylation is 1. The normalized spacial score (nSPS) is 11.6. The Kier molecular flexibility index (Phi) is 5.92. The standard InChI is InChI=1S/C19H22N2O2/c1-14-8-6-7-11-17(14)13-20-18(22)12-19(23)21-15(2)16-9-4-3-5-10-16/h3-11,15H,12-13H2,1-2H3,(H,20,22)(H,21,23). The van der Waals surface area contributed by atoms with E-state index in [-0.39, 0.29) is 24.3 Å². The molecule has 0 saturated heterocycles. The first-order chi connectivity index (χ1) is 11.1. The van der Waals surface area contributed by atoms with Gasteiger partial charge in [0, 0.05) is 6.54 Å². The summed E-state index contributed by atoms with van der Waals surface area (Å²) in [6, 6.07) is 17.4. The average molecular weight is 310 g/mol. The minimum atomic E-state index is -0.274. The summed E-state index contributed by atoms with van der Waals surface area (Å²) in [4.78, 5) is 23.8. The van der Waals surface area contributed by atoms with Crippen molar-refractivity contribution in [3.8, 4) is 0 Å². The highest BCUT2D eigenvalue weighted by Crippen LogP contribution is 2.11. The molecule has 23 heavy (non-hydrogen) atoms. The highest BCUT2D eigenvalue weighted by atomic mass is 16.2. The van der Waals surface area contributed by atoms with Crippen LogP contribution in [0.1, 0.15) is 36.1 Å². The monoisotopic (exact) mass is 310 g/mol. The number of hydrogen-bond acceptors (Lipinski definition) is 2. The van der Waals surface area contributed by atoms with Gasteiger partial charge >= 0.3 is 0 Å². The molecular weight excluding hydrogens is 288 g/mol. The van der Waals surface area contributed by atoms with E-state index in [0.29, 0.717) is 6.54 Å². The van der Waals surface area contributed by atoms with Gasteiger partial charge in [0.1, 0.15) is 6.42 Å². The molecule has 2 rings (SSSR count). The van der Waals surface area contributed by atoms with Gasteiger partial charge in [-0.2, -0.15) is 0 Å². The summed E-state index contributed by atoms with van der Waals surface area (Å²) in [5, 5.41) is 5.62. The summed E-state index contributed by atoms with van der Waals surface area (Å²) < 4.78 is 0. The van der Waals surface area contributed by atoms with Gasteiger partial charge in [-0.3, -0.25) is 9.59 Å². The molecule has 2 N–H and O–H groups in total. The van der Waals surface area contributed by atoms with Crippen LogP contribution in [0.5, 0.6) is 0 Å². The maximum Gasteiger partial charge on any atom is 0.229 e. The molecule has 4 nitrogen and oxygen atoms in total. The van der Waals surface area contributed by atoms with Crippen molar-refractivity contribution in [2.45, 2.75) is 32.9 Å². The van der Waals surface area contributed by atoms with Crippen LogP contribution in [0.4, 0.5) is 0 Å². The molecule has 1 unspecified atom stereocenters. The van der Waals surface area contributed by atoms with E-state index in [0.717, 1.165) is 16.7 Å². The van der Waals surface area contributed by atoms with E-state index in [1.807, 2.05) is 68.4 Å². The van der Waals surface area contributed by atoms with Gasteiger partial charge in [0.15, 0.2) is 0 Å². The summed E-state index contributed by atoms with van der Waals surface area (Å²) in [5.74, 6) is -0.547. The van der Waals surface area contributed by atoms with Gasteiger partial charge in [-0.25, -0.2) is 0 Å². The maximum atomic E-state index is 11.9. The molecule has 2 aromatic rings. The van der Waals surface area contributed by atoms with Crippen molar-refractivity contribution < 1.29 is 9.59 Å².